The minimum atomic E-state index is -4.36. The van der Waals surface area contributed by atoms with Crippen LogP contribution in [0.1, 0.15) is 79.1 Å². The van der Waals surface area contributed by atoms with Gasteiger partial charge in [-0.05, 0) is 122 Å². The number of isocyanates is 1. The number of aliphatic imine (C=N–C) groups is 1. The van der Waals surface area contributed by atoms with Gasteiger partial charge in [0.15, 0.2) is 0 Å². The van der Waals surface area contributed by atoms with E-state index in [9.17, 15) is 35.2 Å². The first-order valence-corrected chi connectivity index (χ1v) is 22.5. The molecule has 0 saturated carbocycles. The van der Waals surface area contributed by atoms with Crippen molar-refractivity contribution < 1.29 is 35.2 Å². The number of aromatic nitrogens is 6. The molecular formula is C44H42F2N12O6S2. The van der Waals surface area contributed by atoms with Gasteiger partial charge in [-0.25, -0.2) is 61.6 Å². The SMILES string of the molecule is CC(C)c1cc(F)cc(-c2ccnc(C#N)c2)c1N=C=O.Cc1cc(C)nc(S(N)(=O)=O)n1.[C-]#[N+]c1cc(-c2cc(F)cc(C(C)C)c2NC(=O)NS(=O)(=O)c2nc(C)cc(C)n2)ccn1. The molecule has 2 amide bonds. The van der Waals surface area contributed by atoms with Gasteiger partial charge in [0.05, 0.1) is 11.4 Å². The maximum absolute atomic E-state index is 14.4. The van der Waals surface area contributed by atoms with Crippen LogP contribution in [0.2, 0.25) is 0 Å². The van der Waals surface area contributed by atoms with E-state index in [1.54, 1.807) is 65.8 Å². The predicted molar refractivity (Wildman–Crippen MR) is 240 cm³/mol. The second-order valence-electron chi connectivity index (χ2n) is 14.8. The maximum atomic E-state index is 14.4. The van der Waals surface area contributed by atoms with E-state index in [1.807, 2.05) is 24.6 Å². The summed E-state index contributed by atoms with van der Waals surface area (Å²) in [5, 5.41) is 15.4. The molecule has 4 heterocycles. The normalized spacial score (nSPS) is 10.9. The molecule has 340 valence electrons. The van der Waals surface area contributed by atoms with Crippen LogP contribution in [0.3, 0.4) is 0 Å². The van der Waals surface area contributed by atoms with Crippen LogP contribution in [-0.2, 0) is 24.8 Å². The van der Waals surface area contributed by atoms with Crippen molar-refractivity contribution in [2.45, 2.75) is 77.5 Å². The lowest BCUT2D eigenvalue weighted by Crippen LogP contribution is -2.36. The third-order valence-electron chi connectivity index (χ3n) is 8.88. The summed E-state index contributed by atoms with van der Waals surface area (Å²) in [7, 11) is -8.13. The van der Waals surface area contributed by atoms with E-state index < -0.39 is 42.9 Å². The lowest BCUT2D eigenvalue weighted by Gasteiger charge is -2.19. The van der Waals surface area contributed by atoms with Crippen LogP contribution in [0.25, 0.3) is 27.1 Å². The zero-order valence-corrected chi connectivity index (χ0v) is 38.3. The number of carbonyl (C=O) groups is 1. The van der Waals surface area contributed by atoms with E-state index in [0.717, 1.165) is 0 Å². The van der Waals surface area contributed by atoms with Crippen molar-refractivity contribution in [3.05, 3.63) is 136 Å². The number of nitrogens with one attached hydrogen (secondary N) is 2. The van der Waals surface area contributed by atoms with Crippen LogP contribution in [0.15, 0.2) is 88.4 Å². The van der Waals surface area contributed by atoms with Gasteiger partial charge in [-0.2, -0.15) is 18.7 Å². The van der Waals surface area contributed by atoms with Crippen molar-refractivity contribution in [1.29, 1.82) is 5.26 Å². The van der Waals surface area contributed by atoms with Crippen molar-refractivity contribution in [2.75, 3.05) is 5.32 Å². The number of rotatable bonds is 9. The molecule has 0 saturated heterocycles. The third-order valence-corrected chi connectivity index (χ3v) is 10.7. The molecule has 0 radical (unpaired) electrons. The summed E-state index contributed by atoms with van der Waals surface area (Å²) in [5.74, 6) is -1.10. The fourth-order valence-electron chi connectivity index (χ4n) is 6.15. The van der Waals surface area contributed by atoms with Crippen LogP contribution in [0.4, 0.5) is 30.8 Å². The van der Waals surface area contributed by atoms with Gasteiger partial charge in [0.1, 0.15) is 29.6 Å². The Kier molecular flexibility index (Phi) is 16.8. The Balaban J connectivity index is 0.000000244. The minimum absolute atomic E-state index is 0.0103. The summed E-state index contributed by atoms with van der Waals surface area (Å²) in [6.07, 6.45) is 4.37. The van der Waals surface area contributed by atoms with E-state index in [2.05, 4.69) is 45.1 Å². The van der Waals surface area contributed by atoms with Crippen molar-refractivity contribution >= 4 is 49.4 Å². The van der Waals surface area contributed by atoms with Gasteiger partial charge in [0.25, 0.3) is 26.2 Å². The second kappa shape index (κ2) is 21.8. The molecule has 0 fully saturated rings. The summed E-state index contributed by atoms with van der Waals surface area (Å²) in [6.45, 7) is 21.1. The Labute approximate surface area is 380 Å². The number of aryl methyl sites for hydroxylation is 4. The Morgan fingerprint density at radius 3 is 1.76 bits per heavy atom. The van der Waals surface area contributed by atoms with E-state index in [-0.39, 0.29) is 39.8 Å². The number of anilines is 1. The number of nitrogens with two attached hydrogens (primary N) is 1. The Morgan fingerprint density at radius 1 is 0.758 bits per heavy atom. The highest BCUT2D eigenvalue weighted by Gasteiger charge is 2.25. The highest BCUT2D eigenvalue weighted by Crippen LogP contribution is 2.39. The number of amides is 2. The molecule has 2 aromatic carbocycles. The highest BCUT2D eigenvalue weighted by molar-refractivity contribution is 7.90. The number of nitriles is 1. The van der Waals surface area contributed by atoms with Crippen LogP contribution < -0.4 is 15.2 Å². The smallest absolute Gasteiger partial charge is 0.333 e. The molecule has 0 spiro atoms. The lowest BCUT2D eigenvalue weighted by molar-refractivity contribution is 0.256. The fourth-order valence-corrected chi connectivity index (χ4v) is 7.61. The first-order valence-electron chi connectivity index (χ1n) is 19.4. The first-order chi connectivity index (χ1) is 31.0. The molecule has 22 heteroatoms. The first kappa shape index (κ1) is 50.9. The molecule has 18 nitrogen and oxygen atoms in total. The number of urea groups is 1. The summed E-state index contributed by atoms with van der Waals surface area (Å²) < 4.78 is 77.1. The van der Waals surface area contributed by atoms with Crippen LogP contribution in [-0.4, -0.2) is 58.9 Å². The minimum Gasteiger partial charge on any atom is -0.361 e. The number of hydrogen-bond donors (Lipinski definition) is 3. The lowest BCUT2D eigenvalue weighted by atomic mass is 9.94. The average Bonchev–Trinajstić information content (AvgIpc) is 3.23. The van der Waals surface area contributed by atoms with E-state index in [1.165, 1.54) is 54.9 Å². The van der Waals surface area contributed by atoms with Crippen molar-refractivity contribution in [3.8, 4) is 28.3 Å². The number of pyridine rings is 2. The molecule has 6 aromatic rings. The number of nitrogens with zero attached hydrogens (tertiary/aromatic N) is 9. The van der Waals surface area contributed by atoms with Gasteiger partial charge >= 0.3 is 16.1 Å². The number of sulfonamides is 2. The average molecular weight is 937 g/mol. The van der Waals surface area contributed by atoms with Crippen LogP contribution in [0, 0.1) is 57.2 Å². The number of benzene rings is 2. The molecule has 0 bridgehead atoms. The maximum Gasteiger partial charge on any atom is 0.333 e. The monoisotopic (exact) mass is 936 g/mol. The largest absolute Gasteiger partial charge is 0.361 e. The van der Waals surface area contributed by atoms with Crippen molar-refractivity contribution in [3.63, 3.8) is 0 Å². The van der Waals surface area contributed by atoms with Crippen molar-refractivity contribution in [2.24, 2.45) is 10.1 Å². The number of carbonyl (C=O) groups excluding carboxylic acids is 2. The van der Waals surface area contributed by atoms with Gasteiger partial charge in [-0.3, -0.25) is 0 Å². The van der Waals surface area contributed by atoms with Gasteiger partial charge in [-0.1, -0.05) is 34.3 Å². The zero-order valence-electron chi connectivity index (χ0n) is 36.7. The Morgan fingerprint density at radius 2 is 1.26 bits per heavy atom. The molecule has 4 aromatic heterocycles. The molecule has 0 unspecified atom stereocenters. The number of halogens is 2. The topological polar surface area (TPSA) is 270 Å². The molecule has 0 aliphatic carbocycles. The van der Waals surface area contributed by atoms with Crippen LogP contribution >= 0.6 is 0 Å². The molecule has 4 N–H and O–H groups in total. The van der Waals surface area contributed by atoms with Gasteiger partial charge in [0, 0.05) is 40.1 Å². The highest BCUT2D eigenvalue weighted by atomic mass is 32.2. The molecule has 0 atom stereocenters. The quantitative estimate of drug-likeness (QED) is 0.0536. The van der Waals surface area contributed by atoms with Gasteiger partial charge < -0.3 is 10.2 Å². The summed E-state index contributed by atoms with van der Waals surface area (Å²) >= 11 is 0. The molecular weight excluding hydrogens is 895 g/mol. The van der Waals surface area contributed by atoms with E-state index in [4.69, 9.17) is 17.0 Å². The van der Waals surface area contributed by atoms with Gasteiger partial charge in [0.2, 0.25) is 6.08 Å². The second-order valence-corrected chi connectivity index (χ2v) is 17.9. The summed E-state index contributed by atoms with van der Waals surface area (Å²) in [5.41, 5.74) is 5.64. The van der Waals surface area contributed by atoms with Crippen molar-refractivity contribution in [1.82, 2.24) is 34.6 Å². The Hall–Kier alpha value is -7.75. The predicted octanol–water partition coefficient (Wildman–Crippen LogP) is 8.07. The molecule has 66 heavy (non-hydrogen) atoms. The molecule has 0 aliphatic rings. The van der Waals surface area contributed by atoms with Gasteiger partial charge in [-0.15, -0.1) is 4.98 Å². The number of primary sulfonamides is 1. The molecule has 0 aliphatic heterocycles. The van der Waals surface area contributed by atoms with Crippen LogP contribution in [0.5, 0.6) is 0 Å². The number of hydrogen-bond acceptors (Lipinski definition) is 14. The van der Waals surface area contributed by atoms with E-state index >= 15 is 0 Å². The van der Waals surface area contributed by atoms with E-state index in [0.29, 0.717) is 56.3 Å². The standard InChI is InChI=1S/C22H21FN6O3S.C16H12FN3O.C6H9N3O2S/c1-12(2)17-10-16(23)11-18(15-6-7-25-19(9-15)24-5)20(17)28-21(30)29-33(31,32)22-26-13(3)8-14(4)27-22;1-10(2)14-6-12(17)7-15(16(14)20-9-21)11-3-4-19-13(5-11)8-18;1-4-3-5(2)9-6(8-4)12(7,10)11/h6-12H,1-4H3,(H2,28,29,30);3-7,10H,1-2H3;3H,1-2H3,(H2,7,10,11). The summed E-state index contributed by atoms with van der Waals surface area (Å²) in [6, 6.07) is 15.4. The fraction of sp³-hybridized carbons (Fsp3) is 0.227. The summed E-state index contributed by atoms with van der Waals surface area (Å²) in [4.78, 5) is 53.3. The Bertz CT molecular complexity index is 3150. The molecule has 6 rings (SSSR count). The zero-order chi connectivity index (χ0) is 49.1. The third kappa shape index (κ3) is 13.6.